The van der Waals surface area contributed by atoms with E-state index in [1.807, 2.05) is 78.9 Å². The summed E-state index contributed by atoms with van der Waals surface area (Å²) < 4.78 is 0. The second-order valence-electron chi connectivity index (χ2n) is 7.10. The van der Waals surface area contributed by atoms with Crippen molar-refractivity contribution in [2.24, 2.45) is 0 Å². The van der Waals surface area contributed by atoms with E-state index >= 15 is 0 Å². The molecule has 4 nitrogen and oxygen atoms in total. The number of nitrogens with one attached hydrogen (secondary N) is 1. The highest BCUT2D eigenvalue weighted by molar-refractivity contribution is 6.31. The Kier molecular flexibility index (Phi) is 7.63. The van der Waals surface area contributed by atoms with Crippen molar-refractivity contribution in [3.05, 3.63) is 107 Å². The zero-order valence-corrected chi connectivity index (χ0v) is 17.7. The number of hydrogen-bond acceptors (Lipinski definition) is 2. The van der Waals surface area contributed by atoms with E-state index in [0.717, 1.165) is 16.7 Å². The van der Waals surface area contributed by atoms with Gasteiger partial charge in [-0.05, 0) is 22.8 Å². The van der Waals surface area contributed by atoms with Crippen LogP contribution in [0.5, 0.6) is 0 Å². The van der Waals surface area contributed by atoms with E-state index in [1.165, 1.54) is 0 Å². The number of likely N-dealkylation sites (N-methyl/N-ethyl adjacent to an activating group) is 1. The van der Waals surface area contributed by atoms with Gasteiger partial charge in [0.15, 0.2) is 0 Å². The van der Waals surface area contributed by atoms with E-state index in [0.29, 0.717) is 18.0 Å². The van der Waals surface area contributed by atoms with Gasteiger partial charge in [0.1, 0.15) is 6.04 Å². The molecule has 154 valence electrons. The largest absolute Gasteiger partial charge is 0.357 e. The standard InChI is InChI=1S/C25H25ClN2O2/c1-27-25(30)23(16-19-10-4-2-5-11-19)28(18-20-12-6-3-7-13-20)24(29)17-21-14-8-9-15-22(21)26/h2-15,23H,16-18H2,1H3,(H,27,30). The summed E-state index contributed by atoms with van der Waals surface area (Å²) in [5.74, 6) is -0.334. The van der Waals surface area contributed by atoms with Crippen molar-refractivity contribution >= 4 is 23.4 Å². The third-order valence-electron chi connectivity index (χ3n) is 5.01. The van der Waals surface area contributed by atoms with Gasteiger partial charge in [0.2, 0.25) is 11.8 Å². The molecule has 0 aliphatic heterocycles. The van der Waals surface area contributed by atoms with E-state index in [1.54, 1.807) is 18.0 Å². The summed E-state index contributed by atoms with van der Waals surface area (Å²) >= 11 is 6.28. The van der Waals surface area contributed by atoms with Crippen LogP contribution in [0.4, 0.5) is 0 Å². The van der Waals surface area contributed by atoms with Crippen LogP contribution >= 0.6 is 11.6 Å². The number of nitrogens with zero attached hydrogens (tertiary/aromatic N) is 1. The Balaban J connectivity index is 1.93. The van der Waals surface area contributed by atoms with Gasteiger partial charge in [-0.3, -0.25) is 9.59 Å². The van der Waals surface area contributed by atoms with Gasteiger partial charge in [-0.25, -0.2) is 0 Å². The summed E-state index contributed by atoms with van der Waals surface area (Å²) in [6, 6.07) is 26.1. The Morgan fingerprint density at radius 3 is 2.03 bits per heavy atom. The molecule has 1 atom stereocenters. The van der Waals surface area contributed by atoms with Gasteiger partial charge >= 0.3 is 0 Å². The van der Waals surface area contributed by atoms with Crippen molar-refractivity contribution in [2.75, 3.05) is 7.05 Å². The van der Waals surface area contributed by atoms with Crippen LogP contribution in [0.2, 0.25) is 5.02 Å². The summed E-state index contributed by atoms with van der Waals surface area (Å²) in [6.07, 6.45) is 0.566. The molecule has 0 spiro atoms. The molecule has 0 aliphatic carbocycles. The Morgan fingerprint density at radius 1 is 0.867 bits per heavy atom. The molecule has 0 bridgehead atoms. The van der Waals surface area contributed by atoms with Crippen molar-refractivity contribution < 1.29 is 9.59 Å². The number of rotatable bonds is 8. The fourth-order valence-corrected chi connectivity index (χ4v) is 3.61. The summed E-state index contributed by atoms with van der Waals surface area (Å²) in [6.45, 7) is 0.342. The minimum atomic E-state index is -0.632. The molecular weight excluding hydrogens is 396 g/mol. The molecule has 0 saturated heterocycles. The number of halogens is 1. The highest BCUT2D eigenvalue weighted by Gasteiger charge is 2.30. The van der Waals surface area contributed by atoms with Crippen LogP contribution < -0.4 is 5.32 Å². The van der Waals surface area contributed by atoms with Gasteiger partial charge in [0.25, 0.3) is 0 Å². The maximum absolute atomic E-state index is 13.4. The van der Waals surface area contributed by atoms with E-state index in [-0.39, 0.29) is 18.2 Å². The Morgan fingerprint density at radius 2 is 1.43 bits per heavy atom. The molecule has 0 aliphatic rings. The Bertz CT molecular complexity index is 977. The lowest BCUT2D eigenvalue weighted by Crippen LogP contribution is -2.50. The first kappa shape index (κ1) is 21.6. The quantitative estimate of drug-likeness (QED) is 0.591. The second-order valence-corrected chi connectivity index (χ2v) is 7.50. The molecule has 0 heterocycles. The predicted octanol–water partition coefficient (Wildman–Crippen LogP) is 4.27. The van der Waals surface area contributed by atoms with Crippen molar-refractivity contribution in [3.63, 3.8) is 0 Å². The molecule has 1 N–H and O–H groups in total. The topological polar surface area (TPSA) is 49.4 Å². The summed E-state index contributed by atoms with van der Waals surface area (Å²) in [7, 11) is 1.60. The molecule has 3 aromatic carbocycles. The fourth-order valence-electron chi connectivity index (χ4n) is 3.41. The molecule has 3 rings (SSSR count). The molecule has 2 amide bonds. The van der Waals surface area contributed by atoms with E-state index in [4.69, 9.17) is 11.6 Å². The molecule has 1 unspecified atom stereocenters. The second kappa shape index (κ2) is 10.6. The number of amides is 2. The Labute approximate surface area is 182 Å². The van der Waals surface area contributed by atoms with E-state index in [9.17, 15) is 9.59 Å². The third-order valence-corrected chi connectivity index (χ3v) is 5.38. The van der Waals surface area contributed by atoms with Crippen molar-refractivity contribution in [1.82, 2.24) is 10.2 Å². The first-order valence-corrected chi connectivity index (χ1v) is 10.3. The molecule has 30 heavy (non-hydrogen) atoms. The van der Waals surface area contributed by atoms with Gasteiger partial charge in [0, 0.05) is 25.0 Å². The minimum absolute atomic E-state index is 0.134. The van der Waals surface area contributed by atoms with Crippen molar-refractivity contribution in [2.45, 2.75) is 25.4 Å². The zero-order valence-electron chi connectivity index (χ0n) is 16.9. The van der Waals surface area contributed by atoms with Gasteiger partial charge in [-0.15, -0.1) is 0 Å². The molecule has 3 aromatic rings. The number of carbonyl (C=O) groups excluding carboxylic acids is 2. The average Bonchev–Trinajstić information content (AvgIpc) is 2.78. The van der Waals surface area contributed by atoms with Gasteiger partial charge in [-0.1, -0.05) is 90.5 Å². The van der Waals surface area contributed by atoms with Crippen LogP contribution in [0.15, 0.2) is 84.9 Å². The lowest BCUT2D eigenvalue weighted by molar-refractivity contribution is -0.140. The smallest absolute Gasteiger partial charge is 0.242 e. The molecule has 0 radical (unpaired) electrons. The monoisotopic (exact) mass is 420 g/mol. The Hall–Kier alpha value is -3.11. The summed E-state index contributed by atoms with van der Waals surface area (Å²) in [4.78, 5) is 27.9. The lowest BCUT2D eigenvalue weighted by Gasteiger charge is -2.31. The van der Waals surface area contributed by atoms with Crippen LogP contribution in [0.3, 0.4) is 0 Å². The van der Waals surface area contributed by atoms with Crippen LogP contribution in [0, 0.1) is 0 Å². The van der Waals surface area contributed by atoms with Crippen molar-refractivity contribution in [3.8, 4) is 0 Å². The summed E-state index contributed by atoms with van der Waals surface area (Å²) in [5.41, 5.74) is 2.71. The third kappa shape index (κ3) is 5.71. The molecular formula is C25H25ClN2O2. The number of hydrogen-bond donors (Lipinski definition) is 1. The molecule has 5 heteroatoms. The molecule has 0 fully saturated rings. The highest BCUT2D eigenvalue weighted by Crippen LogP contribution is 2.20. The van der Waals surface area contributed by atoms with E-state index < -0.39 is 6.04 Å². The summed E-state index contributed by atoms with van der Waals surface area (Å²) in [5, 5.41) is 3.27. The number of benzene rings is 3. The maximum Gasteiger partial charge on any atom is 0.242 e. The SMILES string of the molecule is CNC(=O)C(Cc1ccccc1)N(Cc1ccccc1)C(=O)Cc1ccccc1Cl. The predicted molar refractivity (Wildman–Crippen MR) is 120 cm³/mol. The molecule has 0 saturated carbocycles. The highest BCUT2D eigenvalue weighted by atomic mass is 35.5. The van der Waals surface area contributed by atoms with Gasteiger partial charge < -0.3 is 10.2 Å². The fraction of sp³-hybridized carbons (Fsp3) is 0.200. The van der Waals surface area contributed by atoms with Crippen LogP contribution in [-0.2, 0) is 29.0 Å². The van der Waals surface area contributed by atoms with Gasteiger partial charge in [0.05, 0.1) is 6.42 Å². The van der Waals surface area contributed by atoms with Crippen molar-refractivity contribution in [1.29, 1.82) is 0 Å². The van der Waals surface area contributed by atoms with Crippen LogP contribution in [0.1, 0.15) is 16.7 Å². The van der Waals surface area contributed by atoms with Gasteiger partial charge in [-0.2, -0.15) is 0 Å². The first-order chi connectivity index (χ1) is 14.6. The zero-order chi connectivity index (χ0) is 21.3. The minimum Gasteiger partial charge on any atom is -0.357 e. The molecule has 0 aromatic heterocycles. The van der Waals surface area contributed by atoms with Crippen LogP contribution in [-0.4, -0.2) is 29.8 Å². The van der Waals surface area contributed by atoms with E-state index in [2.05, 4.69) is 5.32 Å². The average molecular weight is 421 g/mol. The maximum atomic E-state index is 13.4. The number of carbonyl (C=O) groups is 2. The normalized spacial score (nSPS) is 11.5. The lowest BCUT2D eigenvalue weighted by atomic mass is 10.0. The van der Waals surface area contributed by atoms with Crippen LogP contribution in [0.25, 0.3) is 0 Å². The first-order valence-electron chi connectivity index (χ1n) is 9.91.